The highest BCUT2D eigenvalue weighted by molar-refractivity contribution is 7.92. The van der Waals surface area contributed by atoms with Gasteiger partial charge in [-0.2, -0.15) is 0 Å². The van der Waals surface area contributed by atoms with Crippen molar-refractivity contribution in [1.29, 1.82) is 0 Å². The van der Waals surface area contributed by atoms with Gasteiger partial charge in [0.25, 0.3) is 10.0 Å². The summed E-state index contributed by atoms with van der Waals surface area (Å²) < 4.78 is 42.2. The normalized spacial score (nSPS) is 12.2. The second-order valence-corrected chi connectivity index (χ2v) is 11.2. The minimum Gasteiger partial charge on any atom is -0.352 e. The largest absolute Gasteiger partial charge is 0.352 e. The third-order valence-corrected chi connectivity index (χ3v) is 7.85. The van der Waals surface area contributed by atoms with Crippen molar-refractivity contribution in [3.8, 4) is 0 Å². The molecular weight excluding hydrogens is 505 g/mol. The summed E-state index contributed by atoms with van der Waals surface area (Å²) in [5.74, 6) is -1.31. The second kappa shape index (κ2) is 12.7. The van der Waals surface area contributed by atoms with Crippen LogP contribution in [0.25, 0.3) is 0 Å². The molecule has 7 nitrogen and oxygen atoms in total. The van der Waals surface area contributed by atoms with Gasteiger partial charge in [0.05, 0.1) is 10.6 Å². The van der Waals surface area contributed by atoms with Crippen LogP contribution in [0.3, 0.4) is 0 Å². The maximum Gasteiger partial charge on any atom is 0.264 e. The molecule has 0 aliphatic carbocycles. The first-order valence-electron chi connectivity index (χ1n) is 12.5. The summed E-state index contributed by atoms with van der Waals surface area (Å²) >= 11 is 0. The minimum atomic E-state index is -4.12. The number of halogens is 1. The smallest absolute Gasteiger partial charge is 0.264 e. The maximum atomic E-state index is 13.9. The van der Waals surface area contributed by atoms with Crippen molar-refractivity contribution >= 4 is 27.5 Å². The molecule has 0 heterocycles. The number of nitrogens with one attached hydrogen (secondary N) is 1. The Labute approximate surface area is 224 Å². The van der Waals surface area contributed by atoms with Crippen molar-refractivity contribution in [2.24, 2.45) is 0 Å². The Morgan fingerprint density at radius 2 is 1.53 bits per heavy atom. The lowest BCUT2D eigenvalue weighted by molar-refractivity contribution is -0.140. The Balaban J connectivity index is 2.06. The first-order chi connectivity index (χ1) is 18.0. The lowest BCUT2D eigenvalue weighted by Crippen LogP contribution is -2.53. The number of hydrogen-bond donors (Lipinski definition) is 1. The van der Waals surface area contributed by atoms with E-state index in [4.69, 9.17) is 0 Å². The minimum absolute atomic E-state index is 0.0101. The number of benzene rings is 3. The highest BCUT2D eigenvalue weighted by Gasteiger charge is 2.34. The summed E-state index contributed by atoms with van der Waals surface area (Å²) in [7, 11) is -4.12. The molecule has 38 heavy (non-hydrogen) atoms. The van der Waals surface area contributed by atoms with Gasteiger partial charge in [0.15, 0.2) is 0 Å². The Bertz CT molecular complexity index is 1350. The van der Waals surface area contributed by atoms with E-state index in [9.17, 15) is 22.4 Å². The van der Waals surface area contributed by atoms with E-state index in [2.05, 4.69) is 5.32 Å². The lowest BCUT2D eigenvalue weighted by atomic mass is 10.1. The number of nitrogens with zero attached hydrogens (tertiary/aromatic N) is 2. The molecule has 1 N–H and O–H groups in total. The predicted octanol–water partition coefficient (Wildman–Crippen LogP) is 4.66. The highest BCUT2D eigenvalue weighted by Crippen LogP contribution is 2.27. The molecule has 2 amide bonds. The van der Waals surface area contributed by atoms with Crippen LogP contribution in [0.2, 0.25) is 0 Å². The molecule has 3 aromatic carbocycles. The van der Waals surface area contributed by atoms with E-state index in [0.717, 1.165) is 4.31 Å². The fourth-order valence-electron chi connectivity index (χ4n) is 4.16. The van der Waals surface area contributed by atoms with Crippen molar-refractivity contribution in [1.82, 2.24) is 10.2 Å². The molecule has 0 aliphatic heterocycles. The van der Waals surface area contributed by atoms with Crippen LogP contribution in [0.4, 0.5) is 10.1 Å². The molecule has 0 bridgehead atoms. The number of aryl methyl sites for hydroxylation is 1. The molecule has 0 fully saturated rings. The van der Waals surface area contributed by atoms with Gasteiger partial charge in [-0.25, -0.2) is 12.8 Å². The van der Waals surface area contributed by atoms with Gasteiger partial charge in [-0.3, -0.25) is 13.9 Å². The summed E-state index contributed by atoms with van der Waals surface area (Å²) in [4.78, 5) is 28.5. The zero-order valence-corrected chi connectivity index (χ0v) is 22.9. The van der Waals surface area contributed by atoms with Gasteiger partial charge in [0, 0.05) is 12.6 Å². The van der Waals surface area contributed by atoms with Gasteiger partial charge < -0.3 is 10.2 Å². The molecule has 3 aromatic rings. The van der Waals surface area contributed by atoms with Crippen LogP contribution in [0, 0.1) is 12.7 Å². The average molecular weight is 540 g/mol. The van der Waals surface area contributed by atoms with Crippen LogP contribution >= 0.6 is 0 Å². The summed E-state index contributed by atoms with van der Waals surface area (Å²) in [6.07, 6.45) is 0.307. The third kappa shape index (κ3) is 6.98. The monoisotopic (exact) mass is 539 g/mol. The quantitative estimate of drug-likeness (QED) is 0.384. The van der Waals surface area contributed by atoms with Crippen molar-refractivity contribution in [3.05, 3.63) is 95.8 Å². The zero-order chi connectivity index (χ0) is 27.9. The molecule has 0 saturated heterocycles. The topological polar surface area (TPSA) is 86.8 Å². The van der Waals surface area contributed by atoms with Gasteiger partial charge in [-0.15, -0.1) is 0 Å². The number of rotatable bonds is 11. The number of sulfonamides is 1. The molecule has 1 atom stereocenters. The average Bonchev–Trinajstić information content (AvgIpc) is 2.88. The number of para-hydroxylation sites is 1. The van der Waals surface area contributed by atoms with Crippen molar-refractivity contribution < 1.29 is 22.4 Å². The number of amides is 2. The molecule has 0 saturated carbocycles. The Morgan fingerprint density at radius 3 is 2.11 bits per heavy atom. The van der Waals surface area contributed by atoms with E-state index in [0.29, 0.717) is 23.2 Å². The summed E-state index contributed by atoms with van der Waals surface area (Å²) in [5.41, 5.74) is 1.66. The Kier molecular flexibility index (Phi) is 9.63. The number of carbonyl (C=O) groups is 2. The standard InChI is InChI=1S/C29H34FN3O4S/c1-5-26(29(35)31-21(2)3)32(19-23-15-17-24(30)18-16-23)28(34)20-33(27-14-10-9-11-22(27)4)38(36,37)25-12-7-6-8-13-25/h6-18,21,26H,5,19-20H2,1-4H3,(H,31,35)/t26-/m1/s1. The van der Waals surface area contributed by atoms with E-state index in [1.807, 2.05) is 13.8 Å². The molecule has 0 unspecified atom stereocenters. The SMILES string of the molecule is CC[C@H](C(=O)NC(C)C)N(Cc1ccc(F)cc1)C(=O)CN(c1ccccc1C)S(=O)(=O)c1ccccc1. The number of hydrogen-bond acceptors (Lipinski definition) is 4. The van der Waals surface area contributed by atoms with Crippen LogP contribution < -0.4 is 9.62 Å². The summed E-state index contributed by atoms with van der Waals surface area (Å²) in [5, 5.41) is 2.85. The van der Waals surface area contributed by atoms with Gasteiger partial charge in [0.1, 0.15) is 18.4 Å². The fourth-order valence-corrected chi connectivity index (χ4v) is 5.66. The second-order valence-electron chi connectivity index (χ2n) is 9.35. The van der Waals surface area contributed by atoms with Gasteiger partial charge in [0.2, 0.25) is 11.8 Å². The van der Waals surface area contributed by atoms with Crippen LogP contribution in [-0.4, -0.2) is 43.8 Å². The molecule has 0 aromatic heterocycles. The van der Waals surface area contributed by atoms with Crippen molar-refractivity contribution in [2.75, 3.05) is 10.8 Å². The van der Waals surface area contributed by atoms with Gasteiger partial charge in [-0.05, 0) is 68.7 Å². The molecule has 3 rings (SSSR count). The number of carbonyl (C=O) groups excluding carboxylic acids is 2. The van der Waals surface area contributed by atoms with Gasteiger partial charge in [-0.1, -0.05) is 55.5 Å². The molecular formula is C29H34FN3O4S. The fraction of sp³-hybridized carbons (Fsp3) is 0.310. The molecule has 202 valence electrons. The maximum absolute atomic E-state index is 13.9. The van der Waals surface area contributed by atoms with E-state index < -0.39 is 34.3 Å². The summed E-state index contributed by atoms with van der Waals surface area (Å²) in [6, 6.07) is 19.5. The molecule has 0 spiro atoms. The third-order valence-electron chi connectivity index (χ3n) is 6.08. The van der Waals surface area contributed by atoms with Crippen LogP contribution in [0.15, 0.2) is 83.8 Å². The van der Waals surface area contributed by atoms with Crippen LogP contribution in [0.1, 0.15) is 38.3 Å². The van der Waals surface area contributed by atoms with E-state index in [-0.39, 0.29) is 23.4 Å². The first-order valence-corrected chi connectivity index (χ1v) is 14.0. The molecule has 9 heteroatoms. The zero-order valence-electron chi connectivity index (χ0n) is 22.1. The van der Waals surface area contributed by atoms with E-state index in [1.165, 1.54) is 29.2 Å². The highest BCUT2D eigenvalue weighted by atomic mass is 32.2. The lowest BCUT2D eigenvalue weighted by Gasteiger charge is -2.34. The van der Waals surface area contributed by atoms with E-state index in [1.54, 1.807) is 68.4 Å². The first kappa shape index (κ1) is 28.8. The molecule has 0 radical (unpaired) electrons. The van der Waals surface area contributed by atoms with Crippen LogP contribution in [-0.2, 0) is 26.2 Å². The molecule has 0 aliphatic rings. The van der Waals surface area contributed by atoms with E-state index >= 15 is 0 Å². The summed E-state index contributed by atoms with van der Waals surface area (Å²) in [6.45, 7) is 6.70. The van der Waals surface area contributed by atoms with Crippen LogP contribution in [0.5, 0.6) is 0 Å². The Hall–Kier alpha value is -3.72. The number of anilines is 1. The van der Waals surface area contributed by atoms with Crippen molar-refractivity contribution in [2.45, 2.75) is 57.6 Å². The van der Waals surface area contributed by atoms with Crippen molar-refractivity contribution in [3.63, 3.8) is 0 Å². The predicted molar refractivity (Wildman–Crippen MR) is 146 cm³/mol. The Morgan fingerprint density at radius 1 is 0.921 bits per heavy atom. The van der Waals surface area contributed by atoms with Gasteiger partial charge >= 0.3 is 0 Å².